The van der Waals surface area contributed by atoms with Crippen molar-refractivity contribution >= 4 is 11.6 Å². The van der Waals surface area contributed by atoms with Crippen molar-refractivity contribution in [3.63, 3.8) is 0 Å². The van der Waals surface area contributed by atoms with Crippen LogP contribution in [0.3, 0.4) is 0 Å². The number of carbonyl (C=O) groups excluding carboxylic acids is 1. The third kappa shape index (κ3) is 4.14. The van der Waals surface area contributed by atoms with E-state index in [-0.39, 0.29) is 17.9 Å². The number of pyridine rings is 1. The van der Waals surface area contributed by atoms with Crippen molar-refractivity contribution in [3.05, 3.63) is 29.8 Å². The number of rotatable bonds is 6. The number of aromatic nitrogens is 5. The van der Waals surface area contributed by atoms with Gasteiger partial charge in [0, 0.05) is 42.5 Å². The molecule has 0 aliphatic carbocycles. The van der Waals surface area contributed by atoms with E-state index in [9.17, 15) is 4.79 Å². The fraction of sp³-hybridized carbons (Fsp3) is 0.545. The van der Waals surface area contributed by atoms with Crippen LogP contribution in [0.4, 0.5) is 0 Å². The lowest BCUT2D eigenvalue weighted by Crippen LogP contribution is -2.46. The molecule has 1 amide bonds. The van der Waals surface area contributed by atoms with Crippen molar-refractivity contribution in [1.82, 2.24) is 35.0 Å². The van der Waals surface area contributed by atoms with E-state index in [1.54, 1.807) is 11.6 Å². The van der Waals surface area contributed by atoms with E-state index in [4.69, 9.17) is 4.74 Å². The maximum absolute atomic E-state index is 13.1. The molecule has 166 valence electrons. The van der Waals surface area contributed by atoms with Gasteiger partial charge in [0.05, 0.1) is 12.8 Å². The summed E-state index contributed by atoms with van der Waals surface area (Å²) in [6.45, 7) is 10.6. The molecule has 1 aliphatic rings. The summed E-state index contributed by atoms with van der Waals surface area (Å²) in [7, 11) is 1.60. The van der Waals surface area contributed by atoms with Crippen LogP contribution in [0.25, 0.3) is 16.9 Å². The highest BCUT2D eigenvalue weighted by atomic mass is 16.5. The Hall–Kier alpha value is -2.94. The van der Waals surface area contributed by atoms with E-state index in [0.29, 0.717) is 23.1 Å². The first-order valence-electron chi connectivity index (χ1n) is 10.9. The predicted molar refractivity (Wildman–Crippen MR) is 118 cm³/mol. The molecule has 0 radical (unpaired) electrons. The fourth-order valence-electron chi connectivity index (χ4n) is 4.30. The lowest BCUT2D eigenvalue weighted by atomic mass is 9.96. The lowest BCUT2D eigenvalue weighted by Gasteiger charge is -2.34. The molecular formula is C22H31N7O2. The van der Waals surface area contributed by atoms with Gasteiger partial charge >= 0.3 is 0 Å². The maximum Gasteiger partial charge on any atom is 0.272 e. The van der Waals surface area contributed by atoms with Gasteiger partial charge in [0.1, 0.15) is 6.33 Å². The number of methoxy groups -OCH3 is 1. The van der Waals surface area contributed by atoms with E-state index < -0.39 is 0 Å². The van der Waals surface area contributed by atoms with Crippen LogP contribution in [-0.2, 0) is 0 Å². The van der Waals surface area contributed by atoms with E-state index in [1.165, 1.54) is 6.33 Å². The third-order valence-electron chi connectivity index (χ3n) is 6.04. The van der Waals surface area contributed by atoms with Crippen molar-refractivity contribution in [2.24, 2.45) is 0 Å². The van der Waals surface area contributed by atoms with Crippen LogP contribution in [0.15, 0.2) is 18.6 Å². The summed E-state index contributed by atoms with van der Waals surface area (Å²) in [6, 6.07) is 2.61. The van der Waals surface area contributed by atoms with Gasteiger partial charge in [-0.3, -0.25) is 9.89 Å². The molecule has 0 atom stereocenters. The van der Waals surface area contributed by atoms with Crippen LogP contribution in [0, 0.1) is 0 Å². The van der Waals surface area contributed by atoms with Crippen molar-refractivity contribution in [1.29, 1.82) is 0 Å². The molecule has 9 heteroatoms. The van der Waals surface area contributed by atoms with Crippen molar-refractivity contribution in [2.75, 3.05) is 20.2 Å². The molecule has 0 spiro atoms. The number of hydrogen-bond acceptors (Lipinski definition) is 6. The Bertz CT molecular complexity index is 1060. The SMILES string of the molecule is COc1cc(-c2[nH]nc(C(=O)NC3CCN(C(C)C)CC3)c2C(C)C)cn2ncnc12. The molecule has 0 bridgehead atoms. The molecule has 0 unspecified atom stereocenters. The zero-order valence-corrected chi connectivity index (χ0v) is 18.8. The molecule has 0 saturated carbocycles. The molecule has 4 rings (SSSR count). The first kappa shape index (κ1) is 21.3. The molecule has 1 saturated heterocycles. The minimum absolute atomic E-state index is 0.106. The molecule has 1 aliphatic heterocycles. The van der Waals surface area contributed by atoms with Crippen LogP contribution in [-0.4, -0.2) is 67.9 Å². The molecule has 3 aromatic heterocycles. The van der Waals surface area contributed by atoms with Gasteiger partial charge in [-0.05, 0) is 38.7 Å². The smallest absolute Gasteiger partial charge is 0.272 e. The summed E-state index contributed by atoms with van der Waals surface area (Å²) in [5, 5.41) is 14.9. The Morgan fingerprint density at radius 2 is 2.00 bits per heavy atom. The lowest BCUT2D eigenvalue weighted by molar-refractivity contribution is 0.0894. The van der Waals surface area contributed by atoms with E-state index >= 15 is 0 Å². The first-order valence-corrected chi connectivity index (χ1v) is 10.9. The maximum atomic E-state index is 13.1. The summed E-state index contributed by atoms with van der Waals surface area (Å²) < 4.78 is 7.16. The van der Waals surface area contributed by atoms with Crippen LogP contribution in [0.5, 0.6) is 5.75 Å². The number of likely N-dealkylation sites (tertiary alicyclic amines) is 1. The van der Waals surface area contributed by atoms with Crippen LogP contribution in [0.1, 0.15) is 62.5 Å². The second-order valence-electron chi connectivity index (χ2n) is 8.72. The highest BCUT2D eigenvalue weighted by Gasteiger charge is 2.27. The summed E-state index contributed by atoms with van der Waals surface area (Å²) >= 11 is 0. The number of carbonyl (C=O) groups is 1. The molecular weight excluding hydrogens is 394 g/mol. The molecule has 1 fully saturated rings. The van der Waals surface area contributed by atoms with Crippen molar-refractivity contribution in [3.8, 4) is 17.0 Å². The van der Waals surface area contributed by atoms with Gasteiger partial charge in [-0.2, -0.15) is 10.2 Å². The Labute approximate surface area is 182 Å². The zero-order chi connectivity index (χ0) is 22.1. The van der Waals surface area contributed by atoms with Crippen LogP contribution < -0.4 is 10.1 Å². The van der Waals surface area contributed by atoms with Crippen LogP contribution in [0.2, 0.25) is 0 Å². The number of amides is 1. The number of nitrogens with zero attached hydrogens (tertiary/aromatic N) is 5. The molecule has 3 aromatic rings. The third-order valence-corrected chi connectivity index (χ3v) is 6.04. The highest BCUT2D eigenvalue weighted by molar-refractivity contribution is 5.96. The molecule has 0 aromatic carbocycles. The van der Waals surface area contributed by atoms with Gasteiger partial charge in [0.2, 0.25) is 0 Å². The second-order valence-corrected chi connectivity index (χ2v) is 8.72. The van der Waals surface area contributed by atoms with Crippen molar-refractivity contribution < 1.29 is 9.53 Å². The topological polar surface area (TPSA) is 100 Å². The van der Waals surface area contributed by atoms with Crippen molar-refractivity contribution in [2.45, 2.75) is 58.5 Å². The summed E-state index contributed by atoms with van der Waals surface area (Å²) in [6.07, 6.45) is 5.27. The van der Waals surface area contributed by atoms with E-state index in [1.807, 2.05) is 12.3 Å². The van der Waals surface area contributed by atoms with Gasteiger partial charge in [0.15, 0.2) is 17.1 Å². The molecule has 4 heterocycles. The van der Waals surface area contributed by atoms with Gasteiger partial charge < -0.3 is 15.0 Å². The zero-order valence-electron chi connectivity index (χ0n) is 18.8. The van der Waals surface area contributed by atoms with Gasteiger partial charge in [-0.25, -0.2) is 9.50 Å². The quantitative estimate of drug-likeness (QED) is 0.630. The number of aromatic amines is 1. The molecule has 2 N–H and O–H groups in total. The van der Waals surface area contributed by atoms with Gasteiger partial charge in [-0.1, -0.05) is 13.8 Å². The Morgan fingerprint density at radius 3 is 2.65 bits per heavy atom. The Kier molecular flexibility index (Phi) is 5.95. The fourth-order valence-corrected chi connectivity index (χ4v) is 4.30. The monoisotopic (exact) mass is 425 g/mol. The number of fused-ring (bicyclic) bond motifs is 1. The van der Waals surface area contributed by atoms with E-state index in [2.05, 4.69) is 58.2 Å². The normalized spacial score (nSPS) is 15.8. The molecule has 31 heavy (non-hydrogen) atoms. The Balaban J connectivity index is 1.60. The summed E-state index contributed by atoms with van der Waals surface area (Å²) in [5.74, 6) is 0.597. The predicted octanol–water partition coefficient (Wildman–Crippen LogP) is 2.85. The number of hydrogen-bond donors (Lipinski definition) is 2. The number of H-pyrrole nitrogens is 1. The summed E-state index contributed by atoms with van der Waals surface area (Å²) in [4.78, 5) is 19.8. The first-order chi connectivity index (χ1) is 14.9. The number of ether oxygens (including phenoxy) is 1. The van der Waals surface area contributed by atoms with E-state index in [0.717, 1.165) is 42.8 Å². The molecule has 9 nitrogen and oxygen atoms in total. The highest BCUT2D eigenvalue weighted by Crippen LogP contribution is 2.33. The second kappa shape index (κ2) is 8.66. The average Bonchev–Trinajstić information content (AvgIpc) is 3.40. The minimum atomic E-state index is -0.122. The number of nitrogens with one attached hydrogen (secondary N) is 2. The number of piperidine rings is 1. The minimum Gasteiger partial charge on any atom is -0.493 e. The van der Waals surface area contributed by atoms with Gasteiger partial charge in [-0.15, -0.1) is 0 Å². The largest absolute Gasteiger partial charge is 0.493 e. The average molecular weight is 426 g/mol. The Morgan fingerprint density at radius 1 is 1.26 bits per heavy atom. The van der Waals surface area contributed by atoms with Gasteiger partial charge in [0.25, 0.3) is 5.91 Å². The van der Waals surface area contributed by atoms with Crippen LogP contribution >= 0.6 is 0 Å². The summed E-state index contributed by atoms with van der Waals surface area (Å²) in [5.41, 5.74) is 3.62. The standard InChI is InChI=1S/C22H31N7O2/c1-13(2)18-19(15-10-17(31-5)21-23-12-24-29(21)11-15)26-27-20(18)22(30)25-16-6-8-28(9-7-16)14(3)4/h10-14,16H,6-9H2,1-5H3,(H,25,30)(H,26,27).